The van der Waals surface area contributed by atoms with Gasteiger partial charge in [0.2, 0.25) is 0 Å². The summed E-state index contributed by atoms with van der Waals surface area (Å²) in [7, 11) is 0. The Hall–Kier alpha value is 0.870. The Bertz CT molecular complexity index is 188. The Labute approximate surface area is 169 Å². The maximum absolute atomic E-state index is 2.33. The van der Waals surface area contributed by atoms with Crippen LogP contribution < -0.4 is 0 Å². The van der Waals surface area contributed by atoms with Gasteiger partial charge in [-0.25, -0.2) is 0 Å². The number of hydrogen-bond donors (Lipinski definition) is 0. The van der Waals surface area contributed by atoms with Crippen LogP contribution in [0, 0.1) is 0 Å². The van der Waals surface area contributed by atoms with E-state index in [-0.39, 0.29) is 0 Å². The Balaban J connectivity index is 3.76. The van der Waals surface area contributed by atoms with Gasteiger partial charge in [0.15, 0.2) is 0 Å². The second-order valence-electron chi connectivity index (χ2n) is 8.54. The molecule has 25 heavy (non-hydrogen) atoms. The van der Waals surface area contributed by atoms with Crippen molar-refractivity contribution in [1.29, 1.82) is 0 Å². The molecule has 1 heteroatoms. The first-order valence-electron chi connectivity index (χ1n) is 12.3. The van der Waals surface area contributed by atoms with Crippen LogP contribution in [-0.2, 0) is 0 Å². The van der Waals surface area contributed by atoms with Gasteiger partial charge in [-0.05, 0) is 0 Å². The molecule has 0 fully saturated rings. The molecular weight excluding hydrogens is 403 g/mol. The minimum absolute atomic E-state index is 1.16. The van der Waals surface area contributed by atoms with Crippen LogP contribution in [0.4, 0.5) is 0 Å². The molecule has 0 N–H and O–H groups in total. The van der Waals surface area contributed by atoms with E-state index >= 15 is 0 Å². The Morgan fingerprint density at radius 3 is 0.840 bits per heavy atom. The number of hydrogen-bond acceptors (Lipinski definition) is 0. The number of unbranched alkanes of at least 4 members (excludes halogenated alkanes) is 15. The standard InChI is InChI=1S/3C8H17.In/c3*1-3-5-7-8-6-4-2;/h3*1,3-8H2,2H3;. The molecule has 0 aliphatic rings. The molecule has 0 bridgehead atoms. The molecule has 0 saturated carbocycles. The van der Waals surface area contributed by atoms with Crippen molar-refractivity contribution in [1.82, 2.24) is 0 Å². The summed E-state index contributed by atoms with van der Waals surface area (Å²) >= 11 is -1.16. The molecule has 0 rings (SSSR count). The van der Waals surface area contributed by atoms with Crippen LogP contribution in [-0.4, -0.2) is 21.4 Å². The van der Waals surface area contributed by atoms with Gasteiger partial charge in [-0.3, -0.25) is 0 Å². The van der Waals surface area contributed by atoms with Crippen molar-refractivity contribution in [2.24, 2.45) is 0 Å². The molecule has 0 radical (unpaired) electrons. The van der Waals surface area contributed by atoms with Crippen LogP contribution in [0.25, 0.3) is 0 Å². The average Bonchev–Trinajstić information content (AvgIpc) is 2.63. The zero-order chi connectivity index (χ0) is 18.4. The van der Waals surface area contributed by atoms with Crippen LogP contribution in [0.2, 0.25) is 12.5 Å². The molecule has 0 amide bonds. The monoisotopic (exact) mass is 454 g/mol. The Kier molecular flexibility index (Phi) is 23.7. The van der Waals surface area contributed by atoms with E-state index in [1.54, 1.807) is 51.1 Å². The zero-order valence-electron chi connectivity index (χ0n) is 18.4. The van der Waals surface area contributed by atoms with Crippen LogP contribution in [0.15, 0.2) is 0 Å². The van der Waals surface area contributed by atoms with Crippen LogP contribution in [0.1, 0.15) is 136 Å². The van der Waals surface area contributed by atoms with Crippen molar-refractivity contribution < 1.29 is 0 Å². The van der Waals surface area contributed by atoms with E-state index in [0.717, 1.165) is 0 Å². The predicted molar refractivity (Wildman–Crippen MR) is 120 cm³/mol. The average molecular weight is 454 g/mol. The first kappa shape index (κ1) is 25.9. The second kappa shape index (κ2) is 22.9. The fourth-order valence-electron chi connectivity index (χ4n) is 4.07. The van der Waals surface area contributed by atoms with E-state index in [2.05, 4.69) is 20.8 Å². The van der Waals surface area contributed by atoms with Gasteiger partial charge < -0.3 is 0 Å². The molecule has 0 aromatic rings. The SMILES string of the molecule is CCCCCCC[CH2][In]([CH2]CCCCCCC)[CH2]CCCCCCC. The quantitative estimate of drug-likeness (QED) is 0.152. The predicted octanol–water partition coefficient (Wildman–Crippen LogP) is 9.56. The molecule has 0 spiro atoms. The van der Waals surface area contributed by atoms with Gasteiger partial charge >= 0.3 is 170 Å². The molecule has 0 saturated heterocycles. The molecule has 150 valence electrons. The van der Waals surface area contributed by atoms with Crippen LogP contribution in [0.3, 0.4) is 0 Å². The fourth-order valence-corrected chi connectivity index (χ4v) is 14.0. The van der Waals surface area contributed by atoms with E-state index in [1.807, 2.05) is 0 Å². The third-order valence-electron chi connectivity index (χ3n) is 5.90. The summed E-state index contributed by atoms with van der Waals surface area (Å²) in [4.78, 5) is 0. The molecule has 0 nitrogen and oxygen atoms in total. The molecule has 0 atom stereocenters. The second-order valence-corrected chi connectivity index (χ2v) is 18.4. The minimum atomic E-state index is -1.16. The van der Waals surface area contributed by atoms with Gasteiger partial charge in [0.25, 0.3) is 0 Å². The third-order valence-corrected chi connectivity index (χ3v) is 16.4. The summed E-state index contributed by atoms with van der Waals surface area (Å²) in [5.41, 5.74) is 0. The van der Waals surface area contributed by atoms with Gasteiger partial charge in [-0.2, -0.15) is 0 Å². The third kappa shape index (κ3) is 21.0. The molecule has 0 aromatic carbocycles. The summed E-state index contributed by atoms with van der Waals surface area (Å²) < 4.78 is 5.20. The first-order valence-corrected chi connectivity index (χ1v) is 19.3. The van der Waals surface area contributed by atoms with Crippen molar-refractivity contribution in [3.8, 4) is 0 Å². The molecule has 0 aromatic heterocycles. The Morgan fingerprint density at radius 1 is 0.320 bits per heavy atom. The van der Waals surface area contributed by atoms with Gasteiger partial charge in [-0.1, -0.05) is 0 Å². The Morgan fingerprint density at radius 2 is 0.560 bits per heavy atom. The first-order chi connectivity index (χ1) is 12.3. The van der Waals surface area contributed by atoms with Crippen molar-refractivity contribution in [3.63, 3.8) is 0 Å². The van der Waals surface area contributed by atoms with Gasteiger partial charge in [0, 0.05) is 0 Å². The molecule has 0 heterocycles. The fraction of sp³-hybridized carbons (Fsp3) is 1.00. The normalized spacial score (nSPS) is 11.2. The van der Waals surface area contributed by atoms with Crippen molar-refractivity contribution >= 4 is 21.4 Å². The molecule has 0 unspecified atom stereocenters. The van der Waals surface area contributed by atoms with Crippen molar-refractivity contribution in [2.45, 2.75) is 149 Å². The molecule has 0 aliphatic carbocycles. The van der Waals surface area contributed by atoms with E-state index in [4.69, 9.17) is 0 Å². The summed E-state index contributed by atoms with van der Waals surface area (Å²) in [5, 5.41) is 0. The summed E-state index contributed by atoms with van der Waals surface area (Å²) in [6.07, 6.45) is 27.0. The van der Waals surface area contributed by atoms with E-state index < -0.39 is 21.4 Å². The summed E-state index contributed by atoms with van der Waals surface area (Å²) in [6, 6.07) is 0. The van der Waals surface area contributed by atoms with Crippen molar-refractivity contribution in [3.05, 3.63) is 0 Å². The topological polar surface area (TPSA) is 0 Å². The maximum atomic E-state index is 2.33. The number of rotatable bonds is 21. The van der Waals surface area contributed by atoms with Crippen LogP contribution in [0.5, 0.6) is 0 Å². The summed E-state index contributed by atoms with van der Waals surface area (Å²) in [6.45, 7) is 6.98. The van der Waals surface area contributed by atoms with Gasteiger partial charge in [0.1, 0.15) is 0 Å². The molecular formula is C24H51In. The van der Waals surface area contributed by atoms with E-state index in [0.29, 0.717) is 0 Å². The van der Waals surface area contributed by atoms with Crippen molar-refractivity contribution in [2.75, 3.05) is 0 Å². The van der Waals surface area contributed by atoms with Crippen LogP contribution >= 0.6 is 0 Å². The zero-order valence-corrected chi connectivity index (χ0v) is 21.7. The summed E-state index contributed by atoms with van der Waals surface area (Å²) in [5.74, 6) is 0. The van der Waals surface area contributed by atoms with Gasteiger partial charge in [0.05, 0.1) is 0 Å². The van der Waals surface area contributed by atoms with E-state index in [9.17, 15) is 0 Å². The molecule has 0 aliphatic heterocycles. The van der Waals surface area contributed by atoms with E-state index in [1.165, 1.54) is 77.0 Å². The van der Waals surface area contributed by atoms with Gasteiger partial charge in [-0.15, -0.1) is 0 Å².